The van der Waals surface area contributed by atoms with Gasteiger partial charge in [0.05, 0.1) is 0 Å². The van der Waals surface area contributed by atoms with E-state index in [9.17, 15) is 14.4 Å². The molecule has 28 heavy (non-hydrogen) atoms. The molecule has 2 N–H and O–H groups in total. The summed E-state index contributed by atoms with van der Waals surface area (Å²) in [5, 5.41) is 3.90. The first kappa shape index (κ1) is 18.0. The predicted octanol–water partition coefficient (Wildman–Crippen LogP) is 3.50. The maximum atomic E-state index is 12.8. The second-order valence-electron chi connectivity index (χ2n) is 7.06. The van der Waals surface area contributed by atoms with Crippen LogP contribution >= 0.6 is 0 Å². The second-order valence-corrected chi connectivity index (χ2v) is 7.06. The lowest BCUT2D eigenvalue weighted by Crippen LogP contribution is -2.41. The van der Waals surface area contributed by atoms with Gasteiger partial charge in [0.15, 0.2) is 5.78 Å². The molecule has 4 rings (SSSR count). The molecule has 0 aliphatic carbocycles. The summed E-state index contributed by atoms with van der Waals surface area (Å²) < 4.78 is 0. The summed E-state index contributed by atoms with van der Waals surface area (Å²) in [6.45, 7) is 1.87. The first-order valence-electron chi connectivity index (χ1n) is 9.29. The van der Waals surface area contributed by atoms with E-state index in [1.807, 2.05) is 30.5 Å². The van der Waals surface area contributed by atoms with Gasteiger partial charge in [-0.3, -0.25) is 14.4 Å². The Bertz CT molecular complexity index is 1070. The molecule has 1 fully saturated rings. The molecule has 1 aromatic heterocycles. The fourth-order valence-corrected chi connectivity index (χ4v) is 3.69. The minimum atomic E-state index is -0.526. The highest BCUT2D eigenvalue weighted by Gasteiger charge is 2.36. The summed E-state index contributed by atoms with van der Waals surface area (Å²) in [6.07, 6.45) is 2.73. The number of rotatable bonds is 5. The predicted molar refractivity (Wildman–Crippen MR) is 107 cm³/mol. The quantitative estimate of drug-likeness (QED) is 0.670. The van der Waals surface area contributed by atoms with Crippen molar-refractivity contribution in [1.82, 2.24) is 9.88 Å². The van der Waals surface area contributed by atoms with Gasteiger partial charge in [0.25, 0.3) is 0 Å². The zero-order valence-corrected chi connectivity index (χ0v) is 15.6. The Morgan fingerprint density at radius 2 is 2.00 bits per heavy atom. The number of Topliss-reactive ketones (excluding diaryl/α,β-unsaturated/α-hetero) is 1. The largest absolute Gasteiger partial charge is 0.361 e. The Labute approximate surface area is 162 Å². The number of carbonyl (C=O) groups is 3. The fourth-order valence-electron chi connectivity index (χ4n) is 3.69. The summed E-state index contributed by atoms with van der Waals surface area (Å²) in [7, 11) is 0. The van der Waals surface area contributed by atoms with Crippen LogP contribution in [0.4, 0.5) is 5.69 Å². The molecule has 1 aliphatic rings. The van der Waals surface area contributed by atoms with Crippen LogP contribution in [-0.2, 0) is 16.1 Å². The number of carbonyl (C=O) groups excluding carboxylic acids is 3. The van der Waals surface area contributed by atoms with Crippen molar-refractivity contribution >= 4 is 34.2 Å². The Morgan fingerprint density at radius 3 is 2.82 bits per heavy atom. The van der Waals surface area contributed by atoms with Gasteiger partial charge < -0.3 is 15.2 Å². The fraction of sp³-hybridized carbons (Fsp3) is 0.227. The number of anilines is 1. The number of para-hydroxylation sites is 1. The van der Waals surface area contributed by atoms with Crippen LogP contribution < -0.4 is 5.32 Å². The Hall–Kier alpha value is -3.41. The van der Waals surface area contributed by atoms with Crippen molar-refractivity contribution in [2.45, 2.75) is 32.4 Å². The number of fused-ring (bicyclic) bond motifs is 1. The summed E-state index contributed by atoms with van der Waals surface area (Å²) in [5.74, 6) is -0.317. The van der Waals surface area contributed by atoms with Crippen LogP contribution in [0.2, 0.25) is 0 Å². The molecule has 2 amide bonds. The van der Waals surface area contributed by atoms with Gasteiger partial charge in [-0.2, -0.15) is 0 Å². The van der Waals surface area contributed by atoms with Crippen LogP contribution in [0, 0.1) is 0 Å². The van der Waals surface area contributed by atoms with Gasteiger partial charge in [-0.25, -0.2) is 0 Å². The van der Waals surface area contributed by atoms with Crippen LogP contribution in [0.15, 0.2) is 54.7 Å². The average Bonchev–Trinajstić information content (AvgIpc) is 3.26. The van der Waals surface area contributed by atoms with Gasteiger partial charge in [0.2, 0.25) is 11.8 Å². The van der Waals surface area contributed by atoms with Crippen molar-refractivity contribution in [3.8, 4) is 0 Å². The van der Waals surface area contributed by atoms with E-state index in [1.54, 1.807) is 29.2 Å². The number of H-pyrrole nitrogens is 1. The van der Waals surface area contributed by atoms with Crippen molar-refractivity contribution in [3.63, 3.8) is 0 Å². The number of aromatic amines is 1. The third kappa shape index (κ3) is 3.41. The van der Waals surface area contributed by atoms with Crippen LogP contribution in [0.1, 0.15) is 35.7 Å². The molecule has 1 atom stereocenters. The Balaban J connectivity index is 1.53. The number of hydrogen-bond acceptors (Lipinski definition) is 3. The van der Waals surface area contributed by atoms with Crippen molar-refractivity contribution in [3.05, 3.63) is 65.9 Å². The highest BCUT2D eigenvalue weighted by atomic mass is 16.2. The maximum Gasteiger partial charge on any atom is 0.247 e. The van der Waals surface area contributed by atoms with Gasteiger partial charge in [0.1, 0.15) is 6.04 Å². The van der Waals surface area contributed by atoms with Crippen LogP contribution in [0.5, 0.6) is 0 Å². The van der Waals surface area contributed by atoms with E-state index >= 15 is 0 Å². The maximum absolute atomic E-state index is 12.8. The van der Waals surface area contributed by atoms with Crippen LogP contribution in [0.25, 0.3) is 10.9 Å². The standard InChI is InChI=1S/C22H21N3O3/c1-14(26)15-5-4-6-17(11-15)24-22(28)20-9-10-21(27)25(20)13-16-12-23-19-8-3-2-7-18(16)19/h2-8,11-12,20,23H,9-10,13H2,1H3,(H,24,28). The zero-order chi connectivity index (χ0) is 19.7. The van der Waals surface area contributed by atoms with E-state index in [0.29, 0.717) is 30.6 Å². The van der Waals surface area contributed by atoms with Crippen molar-refractivity contribution in [2.75, 3.05) is 5.32 Å². The lowest BCUT2D eigenvalue weighted by atomic mass is 10.1. The molecule has 1 unspecified atom stereocenters. The number of nitrogens with one attached hydrogen (secondary N) is 2. The van der Waals surface area contributed by atoms with E-state index in [1.165, 1.54) is 6.92 Å². The van der Waals surface area contributed by atoms with Crippen LogP contribution in [0.3, 0.4) is 0 Å². The summed E-state index contributed by atoms with van der Waals surface area (Å²) >= 11 is 0. The van der Waals surface area contributed by atoms with Crippen molar-refractivity contribution in [1.29, 1.82) is 0 Å². The molecule has 0 saturated carbocycles. The molecule has 0 bridgehead atoms. The highest BCUT2D eigenvalue weighted by Crippen LogP contribution is 2.26. The Morgan fingerprint density at radius 1 is 1.18 bits per heavy atom. The van der Waals surface area contributed by atoms with Crippen molar-refractivity contribution in [2.24, 2.45) is 0 Å². The molecule has 6 nitrogen and oxygen atoms in total. The van der Waals surface area contributed by atoms with Gasteiger partial charge >= 0.3 is 0 Å². The first-order chi connectivity index (χ1) is 13.5. The second kappa shape index (κ2) is 7.31. The monoisotopic (exact) mass is 375 g/mol. The topological polar surface area (TPSA) is 82.3 Å². The number of hydrogen-bond donors (Lipinski definition) is 2. The lowest BCUT2D eigenvalue weighted by Gasteiger charge is -2.24. The van der Waals surface area contributed by atoms with E-state index in [-0.39, 0.29) is 17.6 Å². The number of benzene rings is 2. The zero-order valence-electron chi connectivity index (χ0n) is 15.6. The molecule has 6 heteroatoms. The number of amides is 2. The third-order valence-electron chi connectivity index (χ3n) is 5.18. The number of likely N-dealkylation sites (tertiary alicyclic amines) is 1. The molecule has 2 heterocycles. The van der Waals surface area contributed by atoms with E-state index in [4.69, 9.17) is 0 Å². The molecule has 0 spiro atoms. The van der Waals surface area contributed by atoms with E-state index in [2.05, 4.69) is 10.3 Å². The lowest BCUT2D eigenvalue weighted by molar-refractivity contribution is -0.133. The minimum Gasteiger partial charge on any atom is -0.361 e. The summed E-state index contributed by atoms with van der Waals surface area (Å²) in [5.41, 5.74) is 3.09. The molecule has 1 aliphatic heterocycles. The molecular weight excluding hydrogens is 354 g/mol. The molecule has 0 radical (unpaired) electrons. The highest BCUT2D eigenvalue weighted by molar-refractivity contribution is 6.01. The van der Waals surface area contributed by atoms with Gasteiger partial charge in [0, 0.05) is 41.3 Å². The van der Waals surface area contributed by atoms with Crippen LogP contribution in [-0.4, -0.2) is 33.5 Å². The molecule has 1 saturated heterocycles. The first-order valence-corrected chi connectivity index (χ1v) is 9.29. The number of nitrogens with zero attached hydrogens (tertiary/aromatic N) is 1. The van der Waals surface area contributed by atoms with Gasteiger partial charge in [-0.05, 0) is 37.1 Å². The average molecular weight is 375 g/mol. The van der Waals surface area contributed by atoms with E-state index in [0.717, 1.165) is 16.5 Å². The van der Waals surface area contributed by atoms with Gasteiger partial charge in [-0.15, -0.1) is 0 Å². The number of aromatic nitrogens is 1. The molecule has 2 aromatic carbocycles. The van der Waals surface area contributed by atoms with E-state index < -0.39 is 6.04 Å². The van der Waals surface area contributed by atoms with Crippen molar-refractivity contribution < 1.29 is 14.4 Å². The number of ketones is 1. The molecule has 3 aromatic rings. The normalized spacial score (nSPS) is 16.5. The SMILES string of the molecule is CC(=O)c1cccc(NC(=O)C2CCC(=O)N2Cc2c[nH]c3ccccc23)c1. The molecule has 142 valence electrons. The third-order valence-corrected chi connectivity index (χ3v) is 5.18. The Kier molecular flexibility index (Phi) is 4.69. The van der Waals surface area contributed by atoms with Gasteiger partial charge in [-0.1, -0.05) is 30.3 Å². The smallest absolute Gasteiger partial charge is 0.247 e. The summed E-state index contributed by atoms with van der Waals surface area (Å²) in [4.78, 5) is 41.7. The minimum absolute atomic E-state index is 0.0251. The summed E-state index contributed by atoms with van der Waals surface area (Å²) in [6, 6.07) is 14.2. The molecular formula is C22H21N3O3.